The van der Waals surface area contributed by atoms with Crippen LogP contribution in [0.15, 0.2) is 30.4 Å². The summed E-state index contributed by atoms with van der Waals surface area (Å²) >= 11 is 0. The number of hydrogen-bond acceptors (Lipinski definition) is 3. The summed E-state index contributed by atoms with van der Waals surface area (Å²) < 4.78 is 1.91. The van der Waals surface area contributed by atoms with Gasteiger partial charge in [0.1, 0.15) is 0 Å². The first-order valence-electron chi connectivity index (χ1n) is 11.3. The largest absolute Gasteiger partial charge is 0.390 e. The average Bonchev–Trinajstić information content (AvgIpc) is 3.17. The molecular formula is C24H36N2O2. The number of hydrogen-bond donors (Lipinski definition) is 1. The Balaban J connectivity index is 1.44. The van der Waals surface area contributed by atoms with E-state index in [1.807, 2.05) is 17.7 Å². The molecule has 0 aliphatic heterocycles. The maximum atomic E-state index is 12.9. The van der Waals surface area contributed by atoms with E-state index in [1.54, 1.807) is 12.5 Å². The SMILES string of the molecule is CC1CCC(C(=O)Cn2ccnc2)CCCC2C3CCC(C)(O)CC3=CCC12. The van der Waals surface area contributed by atoms with Crippen LogP contribution in [0.25, 0.3) is 0 Å². The van der Waals surface area contributed by atoms with Crippen LogP contribution in [0.3, 0.4) is 0 Å². The van der Waals surface area contributed by atoms with Gasteiger partial charge < -0.3 is 9.67 Å². The minimum Gasteiger partial charge on any atom is -0.390 e. The molecule has 4 rings (SSSR count). The van der Waals surface area contributed by atoms with Crippen LogP contribution in [-0.2, 0) is 11.3 Å². The monoisotopic (exact) mass is 384 g/mol. The number of carbonyl (C=O) groups is 1. The van der Waals surface area contributed by atoms with E-state index >= 15 is 0 Å². The molecule has 6 unspecified atom stereocenters. The van der Waals surface area contributed by atoms with Crippen molar-refractivity contribution in [1.82, 2.24) is 9.55 Å². The van der Waals surface area contributed by atoms with E-state index in [0.29, 0.717) is 24.2 Å². The minimum absolute atomic E-state index is 0.199. The van der Waals surface area contributed by atoms with Gasteiger partial charge in [0, 0.05) is 18.3 Å². The van der Waals surface area contributed by atoms with Crippen LogP contribution in [-0.4, -0.2) is 26.0 Å². The zero-order chi connectivity index (χ0) is 19.7. The highest BCUT2D eigenvalue weighted by molar-refractivity contribution is 5.80. The lowest BCUT2D eigenvalue weighted by Crippen LogP contribution is -2.40. The van der Waals surface area contributed by atoms with Crippen molar-refractivity contribution < 1.29 is 9.90 Å². The van der Waals surface area contributed by atoms with Gasteiger partial charge in [-0.25, -0.2) is 4.98 Å². The number of rotatable bonds is 3. The van der Waals surface area contributed by atoms with Gasteiger partial charge in [-0.2, -0.15) is 0 Å². The third-order valence-corrected chi connectivity index (χ3v) is 7.92. The highest BCUT2D eigenvalue weighted by atomic mass is 16.3. The fourth-order valence-electron chi connectivity index (χ4n) is 6.29. The second-order valence-electron chi connectivity index (χ2n) is 10.0. The van der Waals surface area contributed by atoms with Crippen molar-refractivity contribution in [3.05, 3.63) is 30.4 Å². The molecule has 6 atom stereocenters. The first kappa shape index (κ1) is 19.9. The molecule has 0 aromatic carbocycles. The lowest BCUT2D eigenvalue weighted by Gasteiger charge is -2.46. The summed E-state index contributed by atoms with van der Waals surface area (Å²) in [6, 6.07) is 0. The Labute approximate surface area is 169 Å². The van der Waals surface area contributed by atoms with Crippen LogP contribution in [0.1, 0.15) is 71.6 Å². The quantitative estimate of drug-likeness (QED) is 0.763. The summed E-state index contributed by atoms with van der Waals surface area (Å²) in [5.41, 5.74) is 1.01. The smallest absolute Gasteiger partial charge is 0.155 e. The molecule has 3 aliphatic carbocycles. The summed E-state index contributed by atoms with van der Waals surface area (Å²) in [5, 5.41) is 10.5. The molecule has 1 N–H and O–H groups in total. The number of imidazole rings is 1. The van der Waals surface area contributed by atoms with Crippen molar-refractivity contribution >= 4 is 5.78 Å². The lowest BCUT2D eigenvalue weighted by molar-refractivity contribution is -0.124. The summed E-state index contributed by atoms with van der Waals surface area (Å²) in [6.45, 7) is 4.88. The summed E-state index contributed by atoms with van der Waals surface area (Å²) in [5.74, 6) is 3.41. The topological polar surface area (TPSA) is 55.1 Å². The predicted molar refractivity (Wildman–Crippen MR) is 111 cm³/mol. The van der Waals surface area contributed by atoms with Gasteiger partial charge >= 0.3 is 0 Å². The van der Waals surface area contributed by atoms with Gasteiger partial charge in [0.15, 0.2) is 5.78 Å². The van der Waals surface area contributed by atoms with Gasteiger partial charge in [-0.1, -0.05) is 25.0 Å². The molecule has 0 bridgehead atoms. The van der Waals surface area contributed by atoms with Gasteiger partial charge in [-0.15, -0.1) is 0 Å². The highest BCUT2D eigenvalue weighted by Crippen LogP contribution is 2.50. The number of carbonyl (C=O) groups excluding carboxylic acids is 1. The van der Waals surface area contributed by atoms with E-state index in [4.69, 9.17) is 0 Å². The van der Waals surface area contributed by atoms with Crippen LogP contribution >= 0.6 is 0 Å². The van der Waals surface area contributed by atoms with Crippen molar-refractivity contribution in [2.75, 3.05) is 0 Å². The Kier molecular flexibility index (Phi) is 5.78. The first-order chi connectivity index (χ1) is 13.4. The molecule has 4 heteroatoms. The molecule has 0 radical (unpaired) electrons. The second-order valence-corrected chi connectivity index (χ2v) is 10.0. The average molecular weight is 385 g/mol. The van der Waals surface area contributed by atoms with Gasteiger partial charge in [-0.05, 0) is 82.0 Å². The van der Waals surface area contributed by atoms with Crippen molar-refractivity contribution in [3.63, 3.8) is 0 Å². The minimum atomic E-state index is -0.510. The standard InChI is InChI=1S/C24H36N2O2/c1-17-6-7-18(23(27)15-26-13-12-25-16-26)4-3-5-22-20(17)9-8-19-14-24(2,28)11-10-21(19)22/h8,12-13,16-18,20-22,28H,3-7,9-11,14-15H2,1-2H3. The van der Waals surface area contributed by atoms with Crippen molar-refractivity contribution in [1.29, 1.82) is 0 Å². The number of aliphatic hydroxyl groups is 1. The van der Waals surface area contributed by atoms with Crippen LogP contribution < -0.4 is 0 Å². The second kappa shape index (κ2) is 8.14. The summed E-state index contributed by atoms with van der Waals surface area (Å²) in [6.07, 6.45) is 17.6. The van der Waals surface area contributed by atoms with Crippen LogP contribution in [0.5, 0.6) is 0 Å². The third kappa shape index (κ3) is 4.27. The number of Topliss-reactive ketones (excluding diaryl/α,β-unsaturated/α-hetero) is 1. The third-order valence-electron chi connectivity index (χ3n) is 7.92. The van der Waals surface area contributed by atoms with Crippen molar-refractivity contribution in [3.8, 4) is 0 Å². The molecular weight excluding hydrogens is 348 g/mol. The van der Waals surface area contributed by atoms with E-state index in [-0.39, 0.29) is 5.92 Å². The zero-order valence-electron chi connectivity index (χ0n) is 17.5. The Morgan fingerprint density at radius 1 is 1.25 bits per heavy atom. The maximum absolute atomic E-state index is 12.9. The molecule has 1 aromatic rings. The Hall–Kier alpha value is -1.42. The number of aromatic nitrogens is 2. The molecule has 3 aliphatic rings. The number of fused-ring (bicyclic) bond motifs is 3. The van der Waals surface area contributed by atoms with Gasteiger partial charge in [0.05, 0.1) is 18.5 Å². The van der Waals surface area contributed by atoms with E-state index in [0.717, 1.165) is 56.8 Å². The molecule has 1 heterocycles. The number of allylic oxidation sites excluding steroid dienone is 1. The molecule has 4 nitrogen and oxygen atoms in total. The fourth-order valence-corrected chi connectivity index (χ4v) is 6.29. The molecule has 1 aromatic heterocycles. The first-order valence-corrected chi connectivity index (χ1v) is 11.3. The molecule has 0 spiro atoms. The summed E-state index contributed by atoms with van der Waals surface area (Å²) in [7, 11) is 0. The Morgan fingerprint density at radius 3 is 2.89 bits per heavy atom. The summed E-state index contributed by atoms with van der Waals surface area (Å²) in [4.78, 5) is 16.9. The maximum Gasteiger partial charge on any atom is 0.155 e. The predicted octanol–water partition coefficient (Wildman–Crippen LogP) is 4.78. The van der Waals surface area contributed by atoms with E-state index in [2.05, 4.69) is 18.0 Å². The number of ketones is 1. The van der Waals surface area contributed by atoms with Gasteiger partial charge in [-0.3, -0.25) is 4.79 Å². The van der Waals surface area contributed by atoms with E-state index in [9.17, 15) is 9.90 Å². The molecule has 28 heavy (non-hydrogen) atoms. The Bertz CT molecular complexity index is 706. The lowest BCUT2D eigenvalue weighted by atomic mass is 9.60. The van der Waals surface area contributed by atoms with Crippen LogP contribution in [0.2, 0.25) is 0 Å². The van der Waals surface area contributed by atoms with E-state index < -0.39 is 5.60 Å². The van der Waals surface area contributed by atoms with Gasteiger partial charge in [0.2, 0.25) is 0 Å². The van der Waals surface area contributed by atoms with E-state index in [1.165, 1.54) is 18.4 Å². The van der Waals surface area contributed by atoms with Crippen LogP contribution in [0.4, 0.5) is 0 Å². The number of nitrogens with zero attached hydrogens (tertiary/aromatic N) is 2. The molecule has 2 saturated carbocycles. The van der Waals surface area contributed by atoms with Crippen molar-refractivity contribution in [2.24, 2.45) is 29.6 Å². The van der Waals surface area contributed by atoms with Gasteiger partial charge in [0.25, 0.3) is 0 Å². The molecule has 0 saturated heterocycles. The van der Waals surface area contributed by atoms with Crippen LogP contribution in [0, 0.1) is 29.6 Å². The highest BCUT2D eigenvalue weighted by Gasteiger charge is 2.42. The zero-order valence-corrected chi connectivity index (χ0v) is 17.5. The Morgan fingerprint density at radius 2 is 2.11 bits per heavy atom. The molecule has 0 amide bonds. The molecule has 154 valence electrons. The van der Waals surface area contributed by atoms with Crippen molar-refractivity contribution in [2.45, 2.75) is 83.8 Å². The normalized spacial score (nSPS) is 39.0. The fraction of sp³-hybridized carbons (Fsp3) is 0.750. The molecule has 2 fully saturated rings.